The summed E-state index contributed by atoms with van der Waals surface area (Å²) in [5, 5.41) is 32.2. The number of amides is 2. The second-order valence-electron chi connectivity index (χ2n) is 13.9. The van der Waals surface area contributed by atoms with Crippen LogP contribution in [0.25, 0.3) is 0 Å². The molecule has 0 atom stereocenters. The van der Waals surface area contributed by atoms with E-state index in [1.54, 1.807) is 57.9 Å². The summed E-state index contributed by atoms with van der Waals surface area (Å²) in [6.45, 7) is 4.03. The van der Waals surface area contributed by atoms with E-state index in [-0.39, 0.29) is 36.8 Å². The Labute approximate surface area is 323 Å². The van der Waals surface area contributed by atoms with Crippen molar-refractivity contribution in [2.45, 2.75) is 91.3 Å². The lowest BCUT2D eigenvalue weighted by atomic mass is 9.88. The molecule has 8 rings (SSSR count). The molecule has 0 radical (unpaired) electrons. The number of nitrogens with two attached hydrogens (primary N) is 1. The van der Waals surface area contributed by atoms with E-state index in [2.05, 4.69) is 51.3 Å². The third-order valence-corrected chi connectivity index (χ3v) is 10.0. The maximum absolute atomic E-state index is 12.8. The Kier molecular flexibility index (Phi) is 12.0. The maximum Gasteiger partial charge on any atom is 0.267 e. The average Bonchev–Trinajstić information content (AvgIpc) is 3.92. The zero-order valence-electron chi connectivity index (χ0n) is 31.4. The lowest BCUT2D eigenvalue weighted by molar-refractivity contribution is 0.0924. The van der Waals surface area contributed by atoms with Crippen molar-refractivity contribution < 1.29 is 19.3 Å². The molecule has 2 aliphatic carbocycles. The lowest BCUT2D eigenvalue weighted by Crippen LogP contribution is -2.30. The highest BCUT2D eigenvalue weighted by Gasteiger charge is 2.37. The molecule has 18 heteroatoms. The third-order valence-electron chi connectivity index (χ3n) is 10.0. The van der Waals surface area contributed by atoms with E-state index in [9.17, 15) is 9.59 Å². The number of carbonyl (C=O) groups is 2. The third kappa shape index (κ3) is 8.74. The van der Waals surface area contributed by atoms with Crippen molar-refractivity contribution in [3.8, 4) is 0 Å². The summed E-state index contributed by atoms with van der Waals surface area (Å²) < 4.78 is 3.29. The van der Waals surface area contributed by atoms with Gasteiger partial charge in [0.2, 0.25) is 0 Å². The number of fused-ring (bicyclic) bond motifs is 1. The SMILES string of the molecule is Cc1nnnn1/C(=N/OCc1cccc(N)n1)C1CCCCC1.Cc1nnnn1/C(=N/OCc1cccc(N2C(=O)c3ccccc3C2=O)n1)C1CCCCC1. The smallest absolute Gasteiger partial charge is 0.267 e. The molecule has 18 nitrogen and oxygen atoms in total. The van der Waals surface area contributed by atoms with Crippen molar-refractivity contribution in [1.29, 1.82) is 0 Å². The average molecular weight is 761 g/mol. The summed E-state index contributed by atoms with van der Waals surface area (Å²) in [6, 6.07) is 17.3. The fraction of sp³-hybridized carbons (Fsp3) is 0.421. The van der Waals surface area contributed by atoms with Crippen molar-refractivity contribution >= 4 is 35.1 Å². The lowest BCUT2D eigenvalue weighted by Gasteiger charge is -2.22. The number of carbonyl (C=O) groups excluding carboxylic acids is 2. The highest BCUT2D eigenvalue weighted by molar-refractivity contribution is 6.34. The van der Waals surface area contributed by atoms with Gasteiger partial charge in [0.15, 0.2) is 36.5 Å². The normalized spacial score (nSPS) is 16.7. The van der Waals surface area contributed by atoms with Gasteiger partial charge in [0.25, 0.3) is 11.8 Å². The molecule has 290 valence electrons. The maximum atomic E-state index is 12.8. The number of benzene rings is 1. The van der Waals surface area contributed by atoms with E-state index in [0.717, 1.165) is 55.0 Å². The van der Waals surface area contributed by atoms with Crippen LogP contribution in [0.3, 0.4) is 0 Å². The number of aromatic nitrogens is 10. The van der Waals surface area contributed by atoms with Gasteiger partial charge in [-0.15, -0.1) is 10.2 Å². The number of rotatable bonds is 9. The molecule has 0 saturated heterocycles. The Balaban J connectivity index is 0.000000183. The van der Waals surface area contributed by atoms with Crippen molar-refractivity contribution in [3.05, 3.63) is 94.8 Å². The van der Waals surface area contributed by atoms with Gasteiger partial charge in [0.1, 0.15) is 11.6 Å². The van der Waals surface area contributed by atoms with Gasteiger partial charge in [-0.1, -0.05) is 73.1 Å². The quantitative estimate of drug-likeness (QED) is 0.0901. The van der Waals surface area contributed by atoms with Crippen LogP contribution < -0.4 is 10.6 Å². The van der Waals surface area contributed by atoms with Crippen LogP contribution in [-0.4, -0.2) is 73.9 Å². The van der Waals surface area contributed by atoms with Gasteiger partial charge in [-0.25, -0.2) is 14.9 Å². The Morgan fingerprint density at radius 2 is 1.14 bits per heavy atom. The number of nitrogen functional groups attached to an aromatic ring is 1. The van der Waals surface area contributed by atoms with Crippen molar-refractivity contribution in [3.63, 3.8) is 0 Å². The molecule has 2 fully saturated rings. The Morgan fingerprint density at radius 1 is 0.661 bits per heavy atom. The van der Waals surface area contributed by atoms with Crippen LogP contribution in [0, 0.1) is 25.7 Å². The van der Waals surface area contributed by atoms with Crippen LogP contribution in [0.15, 0.2) is 71.0 Å². The minimum absolute atomic E-state index is 0.0778. The Bertz CT molecular complexity index is 2170. The molecule has 56 heavy (non-hydrogen) atoms. The second-order valence-corrected chi connectivity index (χ2v) is 13.9. The van der Waals surface area contributed by atoms with Gasteiger partial charge >= 0.3 is 0 Å². The number of anilines is 2. The molecule has 2 amide bonds. The van der Waals surface area contributed by atoms with Gasteiger partial charge in [0.05, 0.1) is 22.5 Å². The summed E-state index contributed by atoms with van der Waals surface area (Å²) in [5.74, 6) is 3.33. The molecule has 1 aromatic carbocycles. The van der Waals surface area contributed by atoms with Crippen LogP contribution in [0.5, 0.6) is 0 Å². The second kappa shape index (κ2) is 17.8. The summed E-state index contributed by atoms with van der Waals surface area (Å²) in [7, 11) is 0. The number of aryl methyl sites for hydroxylation is 2. The molecule has 5 aromatic rings. The van der Waals surface area contributed by atoms with E-state index in [4.69, 9.17) is 15.4 Å². The van der Waals surface area contributed by atoms with E-state index in [1.807, 2.05) is 26.0 Å². The predicted octanol–water partition coefficient (Wildman–Crippen LogP) is 5.05. The van der Waals surface area contributed by atoms with E-state index in [0.29, 0.717) is 46.0 Å². The molecule has 1 aliphatic heterocycles. The van der Waals surface area contributed by atoms with Crippen LogP contribution in [-0.2, 0) is 22.9 Å². The topological polar surface area (TPSA) is 220 Å². The first kappa shape index (κ1) is 37.8. The summed E-state index contributed by atoms with van der Waals surface area (Å²) >= 11 is 0. The number of imide groups is 1. The predicted molar refractivity (Wildman–Crippen MR) is 204 cm³/mol. The molecule has 4 aromatic heterocycles. The van der Waals surface area contributed by atoms with Crippen LogP contribution >= 0.6 is 0 Å². The van der Waals surface area contributed by atoms with Gasteiger partial charge < -0.3 is 15.4 Å². The number of oxime groups is 2. The van der Waals surface area contributed by atoms with Gasteiger partial charge in [-0.3, -0.25) is 9.59 Å². The molecule has 0 bridgehead atoms. The number of nitrogens with zero attached hydrogens (tertiary/aromatic N) is 13. The molecule has 0 unspecified atom stereocenters. The summed E-state index contributed by atoms with van der Waals surface area (Å²) in [4.78, 5) is 46.5. The molecule has 3 aliphatic rings. The summed E-state index contributed by atoms with van der Waals surface area (Å²) in [6.07, 6.45) is 11.3. The highest BCUT2D eigenvalue weighted by atomic mass is 16.6. The van der Waals surface area contributed by atoms with Gasteiger partial charge in [0, 0.05) is 11.8 Å². The number of pyridine rings is 2. The van der Waals surface area contributed by atoms with Gasteiger partial charge in [-0.05, 0) is 96.8 Å². The van der Waals surface area contributed by atoms with Crippen LogP contribution in [0.1, 0.15) is 108 Å². The molecular formula is C38H44N14O4. The summed E-state index contributed by atoms with van der Waals surface area (Å²) in [5.41, 5.74) is 7.72. The fourth-order valence-corrected chi connectivity index (χ4v) is 7.16. The fourth-order valence-electron chi connectivity index (χ4n) is 7.16. The first-order chi connectivity index (χ1) is 27.4. The van der Waals surface area contributed by atoms with Crippen LogP contribution in [0.4, 0.5) is 11.6 Å². The monoisotopic (exact) mass is 760 g/mol. The van der Waals surface area contributed by atoms with Crippen LogP contribution in [0.2, 0.25) is 0 Å². The van der Waals surface area contributed by atoms with Crippen molar-refractivity contribution in [1.82, 2.24) is 50.4 Å². The zero-order valence-corrected chi connectivity index (χ0v) is 31.4. The molecule has 0 spiro atoms. The van der Waals surface area contributed by atoms with E-state index >= 15 is 0 Å². The molecule has 2 saturated carbocycles. The first-order valence-corrected chi connectivity index (χ1v) is 18.9. The number of tetrazole rings is 2. The minimum atomic E-state index is -0.382. The Hall–Kier alpha value is -6.46. The zero-order chi connectivity index (χ0) is 38.9. The highest BCUT2D eigenvalue weighted by Crippen LogP contribution is 2.29. The number of hydrogen-bond donors (Lipinski definition) is 1. The first-order valence-electron chi connectivity index (χ1n) is 18.9. The largest absolute Gasteiger partial charge is 0.388 e. The van der Waals surface area contributed by atoms with E-state index < -0.39 is 0 Å². The molecule has 2 N–H and O–H groups in total. The van der Waals surface area contributed by atoms with Crippen molar-refractivity contribution in [2.24, 2.45) is 22.1 Å². The molecular weight excluding hydrogens is 717 g/mol. The standard InChI is InChI=1S/C23H23N7O3.C15H21N7O/c1-15-25-27-28-30(15)21(16-8-3-2-4-9-16)26-33-14-17-10-7-13-20(24-17)29-22(31)18-11-5-6-12-19(18)23(29)32;1-11-18-20-21-22(11)15(12-6-3-2-4-7-12)19-23-10-13-8-5-9-14(16)17-13/h5-7,10-13,16H,2-4,8-9,14H2,1H3;5,8-9,12H,2-4,6-7,10H2,1H3,(H2,16,17)/b26-21+;19-15+. The minimum Gasteiger partial charge on any atom is -0.388 e. The van der Waals surface area contributed by atoms with E-state index in [1.165, 1.54) is 25.7 Å². The van der Waals surface area contributed by atoms with Crippen molar-refractivity contribution in [2.75, 3.05) is 10.6 Å². The van der Waals surface area contributed by atoms with Gasteiger partial charge in [-0.2, -0.15) is 9.36 Å². The molecule has 5 heterocycles. The Morgan fingerprint density at radius 3 is 1.61 bits per heavy atom. The number of hydrogen-bond acceptors (Lipinski definition) is 15.